The van der Waals surface area contributed by atoms with Crippen molar-refractivity contribution in [2.24, 2.45) is 5.73 Å². The van der Waals surface area contributed by atoms with Crippen molar-refractivity contribution in [3.05, 3.63) is 77.0 Å². The van der Waals surface area contributed by atoms with E-state index in [1.165, 1.54) is 0 Å². The number of hydrogen-bond donors (Lipinski definition) is 2. The van der Waals surface area contributed by atoms with Crippen molar-refractivity contribution in [1.82, 2.24) is 9.97 Å². The first kappa shape index (κ1) is 22.0. The third kappa shape index (κ3) is 4.36. The molecule has 3 aromatic rings. The zero-order chi connectivity index (χ0) is 22.8. The molecule has 4 rings (SSSR count). The number of aromatic nitrogens is 2. The number of nitrogens with zero attached hydrogens (tertiary/aromatic N) is 2. The van der Waals surface area contributed by atoms with Crippen molar-refractivity contribution in [2.75, 3.05) is 5.73 Å². The van der Waals surface area contributed by atoms with E-state index in [0.29, 0.717) is 5.56 Å². The summed E-state index contributed by atoms with van der Waals surface area (Å²) in [4.78, 5) is 21.2. The lowest BCUT2D eigenvalue weighted by molar-refractivity contribution is 0.0988. The lowest BCUT2D eigenvalue weighted by atomic mass is 9.80. The highest BCUT2D eigenvalue weighted by Gasteiger charge is 2.26. The minimum Gasteiger partial charge on any atom is -0.397 e. The third-order valence-electron chi connectivity index (χ3n) is 5.92. The Morgan fingerprint density at radius 1 is 1.09 bits per heavy atom. The van der Waals surface area contributed by atoms with Crippen LogP contribution >= 0.6 is 0 Å². The number of pyridine rings is 2. The number of nitrogens with two attached hydrogens (primary N) is 2. The average molecular weight is 440 g/mol. The molecule has 1 aromatic carbocycles. The number of hydrogen-bond acceptors (Lipinski definition) is 5. The molecule has 1 fully saturated rings. The Balaban J connectivity index is 1.68. The van der Waals surface area contributed by atoms with Gasteiger partial charge in [0.05, 0.1) is 11.3 Å². The predicted octanol–water partition coefficient (Wildman–Crippen LogP) is 4.55. The van der Waals surface area contributed by atoms with Crippen LogP contribution < -0.4 is 11.5 Å². The summed E-state index contributed by atoms with van der Waals surface area (Å²) in [6, 6.07) is 6.01. The van der Waals surface area contributed by atoms with Crippen LogP contribution in [0.15, 0.2) is 42.7 Å². The van der Waals surface area contributed by atoms with Gasteiger partial charge >= 0.3 is 0 Å². The quantitative estimate of drug-likeness (QED) is 0.568. The summed E-state index contributed by atoms with van der Waals surface area (Å²) < 4.78 is 42.9. The summed E-state index contributed by atoms with van der Waals surface area (Å²) in [5.74, 6) is -3.26. The molecule has 0 bridgehead atoms. The Morgan fingerprint density at radius 3 is 2.56 bits per heavy atom. The Hall–Kier alpha value is -3.26. The van der Waals surface area contributed by atoms with E-state index in [4.69, 9.17) is 11.5 Å². The zero-order valence-electron chi connectivity index (χ0n) is 17.3. The maximum atomic E-state index is 14.5. The Labute approximate surface area is 183 Å². The first-order chi connectivity index (χ1) is 15.3. The van der Waals surface area contributed by atoms with E-state index in [2.05, 4.69) is 9.97 Å². The van der Waals surface area contributed by atoms with Crippen molar-refractivity contribution in [1.29, 1.82) is 0 Å². The minimum atomic E-state index is -1.01. The number of halogens is 3. The van der Waals surface area contributed by atoms with Gasteiger partial charge in [0.25, 0.3) is 0 Å². The van der Waals surface area contributed by atoms with Crippen molar-refractivity contribution >= 4 is 11.5 Å². The summed E-state index contributed by atoms with van der Waals surface area (Å²) in [5.41, 5.74) is 12.0. The maximum absolute atomic E-state index is 14.5. The van der Waals surface area contributed by atoms with Crippen LogP contribution in [-0.4, -0.2) is 21.8 Å². The van der Waals surface area contributed by atoms with E-state index in [1.54, 1.807) is 12.4 Å². The monoisotopic (exact) mass is 440 g/mol. The summed E-state index contributed by atoms with van der Waals surface area (Å²) >= 11 is 0. The molecule has 0 spiro atoms. The predicted molar refractivity (Wildman–Crippen MR) is 115 cm³/mol. The minimum absolute atomic E-state index is 0.0725. The van der Waals surface area contributed by atoms with Gasteiger partial charge in [-0.15, -0.1) is 0 Å². The van der Waals surface area contributed by atoms with E-state index < -0.39 is 34.5 Å². The van der Waals surface area contributed by atoms with E-state index >= 15 is 0 Å². The molecule has 166 valence electrons. The average Bonchev–Trinajstić information content (AvgIpc) is 2.75. The largest absolute Gasteiger partial charge is 0.397 e. The fraction of sp³-hybridized carbons (Fsp3) is 0.292. The molecule has 5 nitrogen and oxygen atoms in total. The van der Waals surface area contributed by atoms with Crippen LogP contribution in [0.25, 0.3) is 11.3 Å². The number of carbonyl (C=O) groups excluding carboxylic acids is 1. The van der Waals surface area contributed by atoms with Crippen LogP contribution in [-0.2, 0) is 6.42 Å². The van der Waals surface area contributed by atoms with E-state index in [1.807, 2.05) is 6.07 Å². The molecular formula is C24H23F3N4O. The number of ketones is 1. The van der Waals surface area contributed by atoms with Gasteiger partial charge in [0.15, 0.2) is 11.6 Å². The fourth-order valence-electron chi connectivity index (χ4n) is 4.38. The number of anilines is 1. The smallest absolute Gasteiger partial charge is 0.187 e. The van der Waals surface area contributed by atoms with Gasteiger partial charge in [0.2, 0.25) is 0 Å². The molecule has 1 aliphatic carbocycles. The topological polar surface area (TPSA) is 94.9 Å². The van der Waals surface area contributed by atoms with Crippen LogP contribution in [0.1, 0.15) is 53.2 Å². The normalized spacial score (nSPS) is 18.5. The van der Waals surface area contributed by atoms with Crippen molar-refractivity contribution in [3.63, 3.8) is 0 Å². The van der Waals surface area contributed by atoms with Gasteiger partial charge in [0.1, 0.15) is 23.0 Å². The maximum Gasteiger partial charge on any atom is 0.187 e. The second-order valence-electron chi connectivity index (χ2n) is 8.15. The Morgan fingerprint density at radius 2 is 1.84 bits per heavy atom. The molecule has 0 radical (unpaired) electrons. The molecule has 1 aliphatic rings. The molecule has 0 saturated heterocycles. The SMILES string of the molecule is Nc1cc(F)c(-c2c(F)cccc2F)nc1C(=O)Cc1cnccc1[C@@H]1CCC[C@H](N)C1. The summed E-state index contributed by atoms with van der Waals surface area (Å²) in [6.07, 6.45) is 6.98. The lowest BCUT2D eigenvalue weighted by Gasteiger charge is -2.28. The first-order valence-electron chi connectivity index (χ1n) is 10.5. The molecule has 0 unspecified atom stereocenters. The highest BCUT2D eigenvalue weighted by atomic mass is 19.1. The van der Waals surface area contributed by atoms with E-state index in [9.17, 15) is 18.0 Å². The van der Waals surface area contributed by atoms with Gasteiger partial charge in [-0.05, 0) is 54.5 Å². The first-order valence-corrected chi connectivity index (χ1v) is 10.5. The van der Waals surface area contributed by atoms with Gasteiger partial charge in [-0.3, -0.25) is 9.78 Å². The van der Waals surface area contributed by atoms with E-state index in [-0.39, 0.29) is 29.8 Å². The molecule has 8 heteroatoms. The number of Topliss-reactive ketones (excluding diaryl/α,β-unsaturated/α-hetero) is 1. The standard InChI is InChI=1S/C24H23F3N4O/c25-17-5-2-6-18(26)22(17)23-19(27)11-20(29)24(31-23)21(32)10-14-12-30-8-7-16(14)13-3-1-4-15(28)9-13/h2,5-8,11-13,15H,1,3-4,9-10,28-29H2/t13-,15+/m1/s1. The summed E-state index contributed by atoms with van der Waals surface area (Å²) in [5, 5.41) is 0. The van der Waals surface area contributed by atoms with Crippen LogP contribution in [0.5, 0.6) is 0 Å². The fourth-order valence-corrected chi connectivity index (χ4v) is 4.38. The highest BCUT2D eigenvalue weighted by Crippen LogP contribution is 2.34. The molecular weight excluding hydrogens is 417 g/mol. The zero-order valence-corrected chi connectivity index (χ0v) is 17.3. The molecule has 0 aliphatic heterocycles. The van der Waals surface area contributed by atoms with Gasteiger partial charge in [-0.25, -0.2) is 18.2 Å². The number of rotatable bonds is 5. The lowest BCUT2D eigenvalue weighted by Crippen LogP contribution is -2.27. The molecule has 2 heterocycles. The molecule has 2 aromatic heterocycles. The van der Waals surface area contributed by atoms with Crippen LogP contribution in [0, 0.1) is 17.5 Å². The van der Waals surface area contributed by atoms with Crippen molar-refractivity contribution in [2.45, 2.75) is 44.1 Å². The van der Waals surface area contributed by atoms with Crippen LogP contribution in [0.2, 0.25) is 0 Å². The van der Waals surface area contributed by atoms with E-state index in [0.717, 1.165) is 55.5 Å². The number of nitrogen functional groups attached to an aromatic ring is 1. The highest BCUT2D eigenvalue weighted by molar-refractivity contribution is 6.00. The second-order valence-corrected chi connectivity index (χ2v) is 8.15. The Bertz CT molecular complexity index is 1150. The van der Waals surface area contributed by atoms with Crippen molar-refractivity contribution < 1.29 is 18.0 Å². The van der Waals surface area contributed by atoms with Gasteiger partial charge in [0, 0.05) is 30.9 Å². The number of carbonyl (C=O) groups is 1. The summed E-state index contributed by atoms with van der Waals surface area (Å²) in [7, 11) is 0. The number of benzene rings is 1. The molecule has 0 amide bonds. The molecule has 4 N–H and O–H groups in total. The molecule has 1 saturated carbocycles. The van der Waals surface area contributed by atoms with Crippen LogP contribution in [0.3, 0.4) is 0 Å². The van der Waals surface area contributed by atoms with Gasteiger partial charge < -0.3 is 11.5 Å². The van der Waals surface area contributed by atoms with Crippen LogP contribution in [0.4, 0.5) is 18.9 Å². The van der Waals surface area contributed by atoms with Gasteiger partial charge in [-0.1, -0.05) is 12.5 Å². The second kappa shape index (κ2) is 9.08. The third-order valence-corrected chi connectivity index (χ3v) is 5.92. The Kier molecular flexibility index (Phi) is 6.23. The molecule has 32 heavy (non-hydrogen) atoms. The van der Waals surface area contributed by atoms with Gasteiger partial charge in [-0.2, -0.15) is 0 Å². The summed E-state index contributed by atoms with van der Waals surface area (Å²) in [6.45, 7) is 0. The molecule has 2 atom stereocenters. The van der Waals surface area contributed by atoms with Crippen molar-refractivity contribution in [3.8, 4) is 11.3 Å².